The lowest BCUT2D eigenvalue weighted by Gasteiger charge is -2.20. The smallest absolute Gasteiger partial charge is 0.347 e. The summed E-state index contributed by atoms with van der Waals surface area (Å²) in [5.74, 6) is 0.501. The lowest BCUT2D eigenvalue weighted by Crippen LogP contribution is -2.31. The van der Waals surface area contributed by atoms with Crippen LogP contribution in [0.25, 0.3) is 22.3 Å². The highest BCUT2D eigenvalue weighted by atomic mass is 127. The van der Waals surface area contributed by atoms with Crippen molar-refractivity contribution >= 4 is 62.5 Å². The van der Waals surface area contributed by atoms with Gasteiger partial charge in [0.25, 0.3) is 0 Å². The van der Waals surface area contributed by atoms with E-state index in [2.05, 4.69) is 32.7 Å². The van der Waals surface area contributed by atoms with Gasteiger partial charge in [-0.1, -0.05) is 67.5 Å². The second kappa shape index (κ2) is 22.8. The summed E-state index contributed by atoms with van der Waals surface area (Å²) in [5.41, 5.74) is 7.54. The Kier molecular flexibility index (Phi) is 21.6. The summed E-state index contributed by atoms with van der Waals surface area (Å²) >= 11 is -0.605. The van der Waals surface area contributed by atoms with Crippen LogP contribution in [0.2, 0.25) is 0 Å². The average Bonchev–Trinajstić information content (AvgIpc) is 3.05. The number of aromatic nitrogens is 3. The average molecular weight is 799 g/mol. The number of rotatable bonds is 9. The number of hydrogen-bond donors (Lipinski definition) is 3. The first-order valence-corrected chi connectivity index (χ1v) is 20.0. The zero-order valence-corrected chi connectivity index (χ0v) is 31.5. The van der Waals surface area contributed by atoms with E-state index in [4.69, 9.17) is 4.98 Å². The van der Waals surface area contributed by atoms with Gasteiger partial charge in [-0.25, -0.2) is 28.1 Å². The van der Waals surface area contributed by atoms with Crippen LogP contribution in [0.15, 0.2) is 68.1 Å². The molecule has 0 saturated heterocycles. The van der Waals surface area contributed by atoms with Crippen LogP contribution in [0.3, 0.4) is 0 Å². The molecule has 1 aliphatic heterocycles. The third-order valence-electron chi connectivity index (χ3n) is 5.34. The molecule has 0 bridgehead atoms. The number of anilines is 1. The van der Waals surface area contributed by atoms with Crippen LogP contribution in [0, 0.1) is 0 Å². The van der Waals surface area contributed by atoms with Crippen molar-refractivity contribution in [3.63, 3.8) is 0 Å². The van der Waals surface area contributed by atoms with E-state index in [1.54, 1.807) is 32.4 Å². The van der Waals surface area contributed by atoms with Crippen LogP contribution in [0.1, 0.15) is 54.9 Å². The third kappa shape index (κ3) is 14.4. The van der Waals surface area contributed by atoms with Crippen molar-refractivity contribution in [1.29, 1.82) is 0 Å². The van der Waals surface area contributed by atoms with Gasteiger partial charge in [0.15, 0.2) is 0 Å². The maximum atomic E-state index is 12.4. The van der Waals surface area contributed by atoms with Crippen molar-refractivity contribution < 1.29 is 25.8 Å². The lowest BCUT2D eigenvalue weighted by atomic mass is 10.1. The summed E-state index contributed by atoms with van der Waals surface area (Å²) in [7, 11) is -3.04. The van der Waals surface area contributed by atoms with Crippen LogP contribution < -0.4 is 15.8 Å². The number of fused-ring (bicyclic) bond motifs is 1. The Balaban J connectivity index is 0.00000182. The van der Waals surface area contributed by atoms with E-state index in [1.165, 1.54) is 10.6 Å². The third-order valence-corrected chi connectivity index (χ3v) is 11.1. The molecule has 0 amide bonds. The van der Waals surface area contributed by atoms with E-state index in [1.807, 2.05) is 74.2 Å². The van der Waals surface area contributed by atoms with E-state index in [9.17, 15) is 25.8 Å². The Morgan fingerprint density at radius 1 is 0.978 bits per heavy atom. The number of nitrogens with two attached hydrogens (primary N) is 1. The maximum Gasteiger partial charge on any atom is 0.379 e. The molecular weight excluding hydrogens is 752 g/mol. The number of hydrogen-bond acceptors (Lipinski definition) is 8. The number of allylic oxidation sites excluding steroid dienone is 3. The van der Waals surface area contributed by atoms with Crippen LogP contribution in [-0.4, -0.2) is 63.7 Å². The monoisotopic (exact) mass is 798 g/mol. The summed E-state index contributed by atoms with van der Waals surface area (Å²) in [6.45, 7) is 10.0. The fourth-order valence-corrected chi connectivity index (χ4v) is 8.86. The lowest BCUT2D eigenvalue weighted by molar-refractivity contribution is 0.00818. The van der Waals surface area contributed by atoms with E-state index in [-0.39, 0.29) is 12.1 Å². The number of nitrogens with one attached hydrogen (secondary N) is 2. The molecule has 0 saturated carbocycles. The molecule has 15 heteroatoms. The first kappa shape index (κ1) is 43.4. The van der Waals surface area contributed by atoms with Crippen LogP contribution >= 0.6 is 20.7 Å². The summed E-state index contributed by atoms with van der Waals surface area (Å²) in [5, 5.41) is 3.40. The molecule has 3 aromatic rings. The van der Waals surface area contributed by atoms with Crippen LogP contribution in [0.4, 0.5) is 19.1 Å². The SMILES string of the molecule is CC.CC.CCC(Nc1ncc2nc(-c3cccc(S(C)=O)c3)ccc2n1)C1=CC=C(S(=O)(=O)NC(C)C)C=I1.CN.FC(F)F. The molecule has 258 valence electrons. The molecule has 3 heterocycles. The van der Waals surface area contributed by atoms with Crippen molar-refractivity contribution in [3.05, 3.63) is 63.2 Å². The molecule has 0 spiro atoms. The fourth-order valence-electron chi connectivity index (χ4n) is 3.58. The number of alkyl halides is 3. The number of pyridine rings is 1. The molecule has 0 aliphatic carbocycles. The Hall–Kier alpha value is -2.60. The molecule has 0 fully saturated rings. The highest BCUT2D eigenvalue weighted by Gasteiger charge is 2.20. The highest BCUT2D eigenvalue weighted by Crippen LogP contribution is 2.29. The summed E-state index contributed by atoms with van der Waals surface area (Å²) in [4.78, 5) is 14.9. The van der Waals surface area contributed by atoms with Gasteiger partial charge in [-0.2, -0.15) is 13.2 Å². The number of nitrogens with zero attached hydrogens (tertiary/aromatic N) is 3. The van der Waals surface area contributed by atoms with Crippen molar-refractivity contribution in [2.75, 3.05) is 18.6 Å². The van der Waals surface area contributed by atoms with Crippen molar-refractivity contribution in [2.45, 2.75) is 78.5 Å². The van der Waals surface area contributed by atoms with Crippen molar-refractivity contribution in [1.82, 2.24) is 19.7 Å². The second-order valence-corrected chi connectivity index (χ2v) is 14.3. The van der Waals surface area contributed by atoms with Gasteiger partial charge in [0.05, 0.1) is 28.4 Å². The Morgan fingerprint density at radius 2 is 1.61 bits per heavy atom. The highest BCUT2D eigenvalue weighted by molar-refractivity contribution is 14.2. The van der Waals surface area contributed by atoms with Gasteiger partial charge in [-0.15, -0.1) is 0 Å². The van der Waals surface area contributed by atoms with Crippen LogP contribution in [0.5, 0.6) is 0 Å². The Labute approximate surface area is 284 Å². The van der Waals surface area contributed by atoms with E-state index < -0.39 is 48.2 Å². The van der Waals surface area contributed by atoms with Crippen molar-refractivity contribution in [3.8, 4) is 11.3 Å². The van der Waals surface area contributed by atoms with Gasteiger partial charge in [-0.05, 0) is 67.7 Å². The van der Waals surface area contributed by atoms with E-state index >= 15 is 0 Å². The van der Waals surface area contributed by atoms with E-state index in [0.717, 1.165) is 22.6 Å². The predicted octanol–water partition coefficient (Wildman–Crippen LogP) is 7.31. The Morgan fingerprint density at radius 3 is 2.13 bits per heavy atom. The zero-order valence-electron chi connectivity index (χ0n) is 27.7. The molecule has 2 unspecified atom stereocenters. The zero-order chi connectivity index (χ0) is 35.4. The summed E-state index contributed by atoms with van der Waals surface area (Å²) in [6, 6.07) is 11.2. The topological polar surface area (TPSA) is 140 Å². The fraction of sp³-hybridized carbons (Fsp3) is 0.419. The van der Waals surface area contributed by atoms with Gasteiger partial charge >= 0.3 is 6.68 Å². The van der Waals surface area contributed by atoms with Gasteiger partial charge in [-0.3, -0.25) is 4.21 Å². The van der Waals surface area contributed by atoms with Crippen molar-refractivity contribution in [2.24, 2.45) is 5.73 Å². The first-order valence-electron chi connectivity index (χ1n) is 14.6. The molecule has 1 aromatic carbocycles. The predicted molar refractivity (Wildman–Crippen MR) is 196 cm³/mol. The minimum absolute atomic E-state index is 0.00921. The molecule has 1 aliphatic rings. The van der Waals surface area contributed by atoms with E-state index in [0.29, 0.717) is 21.9 Å². The second-order valence-electron chi connectivity index (χ2n) is 8.74. The summed E-state index contributed by atoms with van der Waals surface area (Å²) in [6.07, 6.45) is 7.75. The minimum atomic E-state index is -3.67. The largest absolute Gasteiger partial charge is 0.379 e. The number of sulfonamides is 1. The summed E-state index contributed by atoms with van der Waals surface area (Å²) < 4.78 is 71.4. The van der Waals surface area contributed by atoms with Gasteiger partial charge in [0, 0.05) is 37.1 Å². The molecular formula is C31H46F3IN6O3S2. The van der Waals surface area contributed by atoms with Gasteiger partial charge in [0.1, 0.15) is 5.52 Å². The van der Waals surface area contributed by atoms with Crippen LogP contribution in [-0.2, 0) is 20.8 Å². The van der Waals surface area contributed by atoms with Gasteiger partial charge < -0.3 is 11.1 Å². The molecule has 9 nitrogen and oxygen atoms in total. The Bertz CT molecular complexity index is 1580. The normalized spacial score (nSPS) is 13.5. The molecule has 2 aromatic heterocycles. The maximum absolute atomic E-state index is 12.4. The molecule has 2 atom stereocenters. The quantitative estimate of drug-likeness (QED) is 0.192. The van der Waals surface area contributed by atoms with Gasteiger partial charge in [0.2, 0.25) is 16.0 Å². The molecule has 0 radical (unpaired) electrons. The molecule has 4 rings (SSSR count). The standard InChI is InChI=1S/C25H28IN5O3S2.2C2H6.CHF3.CH5N/c1-5-21(20-10-9-19(14-26-20)36(33,34)31-16(2)3)29-25-27-15-24-23(30-25)12-11-22(28-24)17-7-6-8-18(13-17)35(4)32;2*1-2;2-1(3)4;1-2/h6-16,21,31H,5H2,1-4H3,(H,27,29,30);2*1-2H3;1H;2H2,1H3. The first-order chi connectivity index (χ1) is 21.9. The molecule has 46 heavy (non-hydrogen) atoms. The number of halogens is 4. The molecule has 4 N–H and O–H groups in total. The number of benzene rings is 1. The minimum Gasteiger partial charge on any atom is -0.347 e.